The van der Waals surface area contributed by atoms with Crippen LogP contribution in [0.4, 0.5) is 0 Å². The highest BCUT2D eigenvalue weighted by Crippen LogP contribution is 2.23. The van der Waals surface area contributed by atoms with Gasteiger partial charge in [0.15, 0.2) is 9.84 Å². The van der Waals surface area contributed by atoms with E-state index in [9.17, 15) is 13.2 Å². The summed E-state index contributed by atoms with van der Waals surface area (Å²) in [6.45, 7) is 9.28. The molecule has 0 aliphatic carbocycles. The molecule has 0 fully saturated rings. The summed E-state index contributed by atoms with van der Waals surface area (Å²) in [6.07, 6.45) is -0.172. The third-order valence-corrected chi connectivity index (χ3v) is 5.14. The van der Waals surface area contributed by atoms with Crippen LogP contribution in [0.3, 0.4) is 0 Å². The van der Waals surface area contributed by atoms with Gasteiger partial charge in [0, 0.05) is 6.42 Å². The van der Waals surface area contributed by atoms with E-state index in [1.165, 1.54) is 0 Å². The smallest absolute Gasteiger partial charge is 0.222 e. The molecule has 126 valence electrons. The van der Waals surface area contributed by atoms with E-state index in [-0.39, 0.29) is 22.5 Å². The maximum atomic E-state index is 12.3. The number of hydrogen-bond donors (Lipinski definition) is 1. The van der Waals surface area contributed by atoms with Crippen molar-refractivity contribution >= 4 is 15.7 Å². The van der Waals surface area contributed by atoms with Gasteiger partial charge in [0.1, 0.15) is 5.54 Å². The maximum absolute atomic E-state index is 12.3. The first-order chi connectivity index (χ1) is 10.4. The Bertz CT molecular complexity index is 706. The molecule has 0 spiro atoms. The maximum Gasteiger partial charge on any atom is 0.222 e. The molecule has 0 saturated heterocycles. The van der Waals surface area contributed by atoms with Crippen LogP contribution in [-0.4, -0.2) is 25.6 Å². The number of amides is 1. The van der Waals surface area contributed by atoms with E-state index in [4.69, 9.17) is 5.26 Å². The predicted molar refractivity (Wildman–Crippen MR) is 89.6 cm³/mol. The van der Waals surface area contributed by atoms with Crippen molar-refractivity contribution in [1.29, 1.82) is 5.26 Å². The van der Waals surface area contributed by atoms with E-state index in [0.29, 0.717) is 0 Å². The van der Waals surface area contributed by atoms with E-state index >= 15 is 0 Å². The number of sulfone groups is 1. The number of nitrogens with one attached hydrogen (secondary N) is 1. The Morgan fingerprint density at radius 1 is 1.13 bits per heavy atom. The molecule has 1 aromatic rings. The van der Waals surface area contributed by atoms with Gasteiger partial charge in [-0.05, 0) is 37.0 Å². The molecular weight excluding hydrogens is 312 g/mol. The minimum absolute atomic E-state index is 0.0505. The van der Waals surface area contributed by atoms with Gasteiger partial charge >= 0.3 is 0 Å². The standard InChI is InChI=1S/C17H24N2O3S/c1-16(2,3)13-6-8-14(9-7-13)23(21,22)11-10-15(20)19-17(4,5)12-18/h6-9H,10-11H2,1-5H3,(H,19,20). The Labute approximate surface area is 138 Å². The van der Waals surface area contributed by atoms with E-state index in [2.05, 4.69) is 26.1 Å². The molecule has 0 heterocycles. The van der Waals surface area contributed by atoms with E-state index < -0.39 is 21.3 Å². The van der Waals surface area contributed by atoms with Crippen LogP contribution in [-0.2, 0) is 20.0 Å². The monoisotopic (exact) mass is 336 g/mol. The highest BCUT2D eigenvalue weighted by Gasteiger charge is 2.22. The van der Waals surface area contributed by atoms with Crippen molar-refractivity contribution in [2.75, 3.05) is 5.75 Å². The summed E-state index contributed by atoms with van der Waals surface area (Å²) in [4.78, 5) is 12.0. The van der Waals surface area contributed by atoms with Gasteiger partial charge < -0.3 is 5.32 Å². The van der Waals surface area contributed by atoms with Crippen molar-refractivity contribution in [2.45, 2.75) is 56.9 Å². The van der Waals surface area contributed by atoms with E-state index in [0.717, 1.165) is 5.56 Å². The van der Waals surface area contributed by atoms with Gasteiger partial charge in [-0.2, -0.15) is 5.26 Å². The van der Waals surface area contributed by atoms with Gasteiger partial charge in [0.25, 0.3) is 0 Å². The quantitative estimate of drug-likeness (QED) is 0.895. The molecule has 1 amide bonds. The number of rotatable bonds is 5. The first kappa shape index (κ1) is 19.2. The summed E-state index contributed by atoms with van der Waals surface area (Å²) in [5, 5.41) is 11.4. The zero-order chi connectivity index (χ0) is 17.9. The molecule has 0 aliphatic rings. The Morgan fingerprint density at radius 3 is 2.09 bits per heavy atom. The Kier molecular flexibility index (Phi) is 5.60. The highest BCUT2D eigenvalue weighted by atomic mass is 32.2. The van der Waals surface area contributed by atoms with Crippen LogP contribution in [0.15, 0.2) is 29.2 Å². The summed E-state index contributed by atoms with van der Waals surface area (Å²) in [5.41, 5.74) is -0.00904. The second-order valence-corrected chi connectivity index (χ2v) is 9.24. The van der Waals surface area contributed by atoms with E-state index in [1.54, 1.807) is 38.1 Å². The Balaban J connectivity index is 2.77. The number of hydrogen-bond acceptors (Lipinski definition) is 4. The molecule has 0 bridgehead atoms. The van der Waals surface area contributed by atoms with E-state index in [1.807, 2.05) is 6.07 Å². The molecule has 0 atom stereocenters. The van der Waals surface area contributed by atoms with Crippen molar-refractivity contribution in [3.63, 3.8) is 0 Å². The first-order valence-corrected chi connectivity index (χ1v) is 9.08. The molecule has 5 nitrogen and oxygen atoms in total. The third kappa shape index (κ3) is 5.68. The number of carbonyl (C=O) groups excluding carboxylic acids is 1. The van der Waals surface area contributed by atoms with Gasteiger partial charge in [0.2, 0.25) is 5.91 Å². The van der Waals surface area contributed by atoms with Crippen molar-refractivity contribution in [3.8, 4) is 6.07 Å². The summed E-state index contributed by atoms with van der Waals surface area (Å²) in [5.74, 6) is -0.735. The molecule has 0 saturated carbocycles. The van der Waals surface area contributed by atoms with Crippen molar-refractivity contribution < 1.29 is 13.2 Å². The first-order valence-electron chi connectivity index (χ1n) is 7.43. The fraction of sp³-hybridized carbons (Fsp3) is 0.529. The van der Waals surface area contributed by atoms with Gasteiger partial charge in [-0.25, -0.2) is 8.42 Å². The lowest BCUT2D eigenvalue weighted by Gasteiger charge is -2.19. The number of benzene rings is 1. The number of nitrogens with zero attached hydrogens (tertiary/aromatic N) is 1. The third-order valence-electron chi connectivity index (χ3n) is 3.41. The van der Waals surface area contributed by atoms with Crippen LogP contribution in [0.5, 0.6) is 0 Å². The van der Waals surface area contributed by atoms with Crippen molar-refractivity contribution in [2.24, 2.45) is 0 Å². The van der Waals surface area contributed by atoms with Gasteiger partial charge in [-0.15, -0.1) is 0 Å². The minimum atomic E-state index is -3.52. The Hall–Kier alpha value is -1.87. The molecule has 1 aromatic carbocycles. The van der Waals surface area contributed by atoms with Gasteiger partial charge in [-0.3, -0.25) is 4.79 Å². The van der Waals surface area contributed by atoms with Crippen LogP contribution in [0.1, 0.15) is 46.6 Å². The molecule has 6 heteroatoms. The van der Waals surface area contributed by atoms with Crippen LogP contribution in [0.25, 0.3) is 0 Å². The zero-order valence-electron chi connectivity index (χ0n) is 14.3. The normalized spacial score (nSPS) is 12.5. The molecular formula is C17H24N2O3S. The lowest BCUT2D eigenvalue weighted by molar-refractivity contribution is -0.121. The van der Waals surface area contributed by atoms with Gasteiger partial charge in [-0.1, -0.05) is 32.9 Å². The fourth-order valence-electron chi connectivity index (χ4n) is 1.95. The second-order valence-electron chi connectivity index (χ2n) is 7.13. The van der Waals surface area contributed by atoms with Crippen LogP contribution in [0.2, 0.25) is 0 Å². The Morgan fingerprint density at radius 2 is 1.65 bits per heavy atom. The zero-order valence-corrected chi connectivity index (χ0v) is 15.1. The predicted octanol–water partition coefficient (Wildman–Crippen LogP) is 2.57. The molecule has 0 aromatic heterocycles. The number of nitriles is 1. The van der Waals surface area contributed by atoms with Crippen LogP contribution < -0.4 is 5.32 Å². The average molecular weight is 336 g/mol. The van der Waals surface area contributed by atoms with Crippen molar-refractivity contribution in [1.82, 2.24) is 5.32 Å². The van der Waals surface area contributed by atoms with Crippen LogP contribution in [0, 0.1) is 11.3 Å². The van der Waals surface area contributed by atoms with Crippen molar-refractivity contribution in [3.05, 3.63) is 29.8 Å². The lowest BCUT2D eigenvalue weighted by atomic mass is 9.87. The molecule has 23 heavy (non-hydrogen) atoms. The SMILES string of the molecule is CC(C)(C#N)NC(=O)CCS(=O)(=O)c1ccc(C(C)(C)C)cc1. The second kappa shape index (κ2) is 6.71. The summed E-state index contributed by atoms with van der Waals surface area (Å²) >= 11 is 0. The largest absolute Gasteiger partial charge is 0.338 e. The number of carbonyl (C=O) groups is 1. The lowest BCUT2D eigenvalue weighted by Crippen LogP contribution is -2.42. The topological polar surface area (TPSA) is 87.0 Å². The summed E-state index contributed by atoms with van der Waals surface area (Å²) < 4.78 is 24.6. The highest BCUT2D eigenvalue weighted by molar-refractivity contribution is 7.91. The van der Waals surface area contributed by atoms with Crippen LogP contribution >= 0.6 is 0 Å². The molecule has 1 N–H and O–H groups in total. The summed E-state index contributed by atoms with van der Waals surface area (Å²) in [7, 11) is -3.52. The van der Waals surface area contributed by atoms with Gasteiger partial charge in [0.05, 0.1) is 16.7 Å². The minimum Gasteiger partial charge on any atom is -0.338 e. The fourth-order valence-corrected chi connectivity index (χ4v) is 3.19. The molecule has 1 rings (SSSR count). The molecule has 0 unspecified atom stereocenters. The average Bonchev–Trinajstić information content (AvgIpc) is 2.44. The summed E-state index contributed by atoms with van der Waals surface area (Å²) in [6, 6.07) is 8.69. The molecule has 0 radical (unpaired) electrons. The molecule has 0 aliphatic heterocycles.